The summed E-state index contributed by atoms with van der Waals surface area (Å²) in [6.45, 7) is 4.38. The number of rotatable bonds is 8. The van der Waals surface area contributed by atoms with Gasteiger partial charge in [-0.1, -0.05) is 0 Å². The lowest BCUT2D eigenvalue weighted by molar-refractivity contribution is -0.160. The van der Waals surface area contributed by atoms with Gasteiger partial charge in [0.25, 0.3) is 0 Å². The summed E-state index contributed by atoms with van der Waals surface area (Å²) in [5.74, 6) is -5.00. The molecule has 0 aromatic carbocycles. The van der Waals surface area contributed by atoms with Crippen LogP contribution in [0.4, 0.5) is 0 Å². The summed E-state index contributed by atoms with van der Waals surface area (Å²) in [7, 11) is 0. The van der Waals surface area contributed by atoms with Crippen molar-refractivity contribution in [3.05, 3.63) is 0 Å². The summed E-state index contributed by atoms with van der Waals surface area (Å²) in [5.41, 5.74) is 0. The second kappa shape index (κ2) is 8.89. The fourth-order valence-electron chi connectivity index (χ4n) is 1.54. The van der Waals surface area contributed by atoms with E-state index in [-0.39, 0.29) is 13.2 Å². The van der Waals surface area contributed by atoms with E-state index in [0.29, 0.717) is 0 Å². The molecule has 0 aliphatic carbocycles. The third-order valence-electron chi connectivity index (χ3n) is 2.31. The largest absolute Gasteiger partial charge is 0.480 e. The van der Waals surface area contributed by atoms with E-state index in [1.54, 1.807) is 13.8 Å². The number of ether oxygens (including phenoxy) is 2. The Morgan fingerprint density at radius 2 is 1.65 bits per heavy atom. The summed E-state index contributed by atoms with van der Waals surface area (Å²) >= 11 is 0. The highest BCUT2D eigenvalue weighted by Gasteiger charge is 2.37. The number of amides is 1. The normalized spacial score (nSPS) is 12.9. The molecule has 2 N–H and O–H groups in total. The SMILES string of the molecule is CCOC(=O)C[C@@H](C(=O)OCC)[C@@H](NC(C)=O)C(=O)O. The molecule has 0 saturated carbocycles. The Balaban J connectivity index is 5.13. The summed E-state index contributed by atoms with van der Waals surface area (Å²) < 4.78 is 9.42. The van der Waals surface area contributed by atoms with E-state index in [1.165, 1.54) is 0 Å². The fourth-order valence-corrected chi connectivity index (χ4v) is 1.54. The summed E-state index contributed by atoms with van der Waals surface area (Å²) in [6.07, 6.45) is -0.482. The van der Waals surface area contributed by atoms with Gasteiger partial charge in [0.1, 0.15) is 6.04 Å². The van der Waals surface area contributed by atoms with Crippen molar-refractivity contribution in [2.45, 2.75) is 33.2 Å². The van der Waals surface area contributed by atoms with Gasteiger partial charge in [-0.05, 0) is 13.8 Å². The van der Waals surface area contributed by atoms with Gasteiger partial charge in [0.05, 0.1) is 25.6 Å². The van der Waals surface area contributed by atoms with Crippen LogP contribution in [0.5, 0.6) is 0 Å². The Hall–Kier alpha value is -2.12. The highest BCUT2D eigenvalue weighted by molar-refractivity contribution is 5.90. The van der Waals surface area contributed by atoms with Crippen molar-refractivity contribution in [3.8, 4) is 0 Å². The van der Waals surface area contributed by atoms with Crippen molar-refractivity contribution < 1.29 is 33.8 Å². The molecule has 0 fully saturated rings. The summed E-state index contributed by atoms with van der Waals surface area (Å²) in [4.78, 5) is 45.4. The van der Waals surface area contributed by atoms with Crippen molar-refractivity contribution >= 4 is 23.8 Å². The number of nitrogens with one attached hydrogen (secondary N) is 1. The van der Waals surface area contributed by atoms with E-state index in [2.05, 4.69) is 10.1 Å². The number of carbonyl (C=O) groups excluding carboxylic acids is 3. The average Bonchev–Trinajstić information content (AvgIpc) is 2.33. The predicted molar refractivity (Wildman–Crippen MR) is 66.6 cm³/mol. The maximum atomic E-state index is 11.8. The van der Waals surface area contributed by atoms with Crippen LogP contribution >= 0.6 is 0 Å². The first-order chi connectivity index (χ1) is 9.33. The third-order valence-corrected chi connectivity index (χ3v) is 2.31. The molecular weight excluding hydrogens is 270 g/mol. The van der Waals surface area contributed by atoms with Crippen LogP contribution in [0.3, 0.4) is 0 Å². The third kappa shape index (κ3) is 6.17. The Morgan fingerprint density at radius 3 is 2.05 bits per heavy atom. The maximum absolute atomic E-state index is 11.8. The second-order valence-corrected chi connectivity index (χ2v) is 3.88. The molecule has 0 spiro atoms. The van der Waals surface area contributed by atoms with Crippen LogP contribution in [0.25, 0.3) is 0 Å². The topological polar surface area (TPSA) is 119 Å². The minimum atomic E-state index is -1.55. The van der Waals surface area contributed by atoms with Crippen LogP contribution in [0.15, 0.2) is 0 Å². The lowest BCUT2D eigenvalue weighted by Crippen LogP contribution is -2.49. The highest BCUT2D eigenvalue weighted by Crippen LogP contribution is 2.14. The summed E-state index contributed by atoms with van der Waals surface area (Å²) in [6, 6.07) is -1.55. The van der Waals surface area contributed by atoms with Crippen LogP contribution in [-0.4, -0.2) is 48.2 Å². The molecule has 8 heteroatoms. The molecule has 0 saturated heterocycles. The van der Waals surface area contributed by atoms with Crippen molar-refractivity contribution in [1.29, 1.82) is 0 Å². The lowest BCUT2D eigenvalue weighted by atomic mass is 9.96. The average molecular weight is 289 g/mol. The van der Waals surface area contributed by atoms with Gasteiger partial charge in [-0.25, -0.2) is 4.79 Å². The molecule has 8 nitrogen and oxygen atoms in total. The van der Waals surface area contributed by atoms with Crippen LogP contribution < -0.4 is 5.32 Å². The molecule has 0 aromatic heterocycles. The van der Waals surface area contributed by atoms with Gasteiger partial charge in [0.15, 0.2) is 0 Å². The number of aliphatic carboxylic acids is 1. The standard InChI is InChI=1S/C12H19NO7/c1-4-19-9(15)6-8(12(18)20-5-2)10(11(16)17)13-7(3)14/h8,10H,4-6H2,1-3H3,(H,13,14)(H,16,17)/t8-,10-/m1/s1. The Bertz CT molecular complexity index is 380. The smallest absolute Gasteiger partial charge is 0.327 e. The van der Waals surface area contributed by atoms with E-state index >= 15 is 0 Å². The molecule has 1 amide bonds. The molecule has 0 heterocycles. The molecule has 0 aliphatic heterocycles. The summed E-state index contributed by atoms with van der Waals surface area (Å²) in [5, 5.41) is 11.2. The Labute approximate surface area is 116 Å². The number of hydrogen-bond acceptors (Lipinski definition) is 6. The minimum absolute atomic E-state index is 0.0323. The van der Waals surface area contributed by atoms with Gasteiger partial charge >= 0.3 is 17.9 Å². The fraction of sp³-hybridized carbons (Fsp3) is 0.667. The molecule has 20 heavy (non-hydrogen) atoms. The van der Waals surface area contributed by atoms with Gasteiger partial charge in [-0.2, -0.15) is 0 Å². The highest BCUT2D eigenvalue weighted by atomic mass is 16.5. The first-order valence-electron chi connectivity index (χ1n) is 6.15. The first kappa shape index (κ1) is 17.9. The second-order valence-electron chi connectivity index (χ2n) is 3.88. The molecule has 0 unspecified atom stereocenters. The first-order valence-corrected chi connectivity index (χ1v) is 6.15. The van der Waals surface area contributed by atoms with Crippen molar-refractivity contribution in [1.82, 2.24) is 5.32 Å². The van der Waals surface area contributed by atoms with E-state index in [9.17, 15) is 19.2 Å². The van der Waals surface area contributed by atoms with Crippen LogP contribution in [0, 0.1) is 5.92 Å². The van der Waals surface area contributed by atoms with Crippen LogP contribution in [0.1, 0.15) is 27.2 Å². The molecule has 2 atom stereocenters. The van der Waals surface area contributed by atoms with Crippen LogP contribution in [-0.2, 0) is 28.7 Å². The molecule has 0 bridgehead atoms. The molecule has 114 valence electrons. The van der Waals surface area contributed by atoms with Gasteiger partial charge in [-0.15, -0.1) is 0 Å². The maximum Gasteiger partial charge on any atom is 0.327 e. The van der Waals surface area contributed by atoms with Crippen molar-refractivity contribution in [2.75, 3.05) is 13.2 Å². The van der Waals surface area contributed by atoms with Crippen LogP contribution in [0.2, 0.25) is 0 Å². The van der Waals surface area contributed by atoms with Crippen molar-refractivity contribution in [3.63, 3.8) is 0 Å². The molecule has 0 aromatic rings. The molecule has 0 rings (SSSR count). The number of esters is 2. The van der Waals surface area contributed by atoms with E-state index in [4.69, 9.17) is 9.84 Å². The lowest BCUT2D eigenvalue weighted by Gasteiger charge is -2.22. The zero-order valence-electron chi connectivity index (χ0n) is 11.7. The molecule has 0 aliphatic rings. The minimum Gasteiger partial charge on any atom is -0.480 e. The molecule has 0 radical (unpaired) electrons. The quantitative estimate of drug-likeness (QED) is 0.589. The number of hydrogen-bond donors (Lipinski definition) is 2. The number of carboxylic acid groups (broad SMARTS) is 1. The zero-order chi connectivity index (χ0) is 15.7. The Kier molecular flexibility index (Phi) is 7.95. The zero-order valence-corrected chi connectivity index (χ0v) is 11.7. The van der Waals surface area contributed by atoms with Gasteiger partial charge < -0.3 is 19.9 Å². The van der Waals surface area contributed by atoms with Gasteiger partial charge in [0.2, 0.25) is 5.91 Å². The number of carboxylic acids is 1. The van der Waals surface area contributed by atoms with Gasteiger partial charge in [-0.3, -0.25) is 14.4 Å². The van der Waals surface area contributed by atoms with Gasteiger partial charge in [0, 0.05) is 6.92 Å². The number of carbonyl (C=O) groups is 4. The monoisotopic (exact) mass is 289 g/mol. The Morgan fingerprint density at radius 1 is 1.10 bits per heavy atom. The van der Waals surface area contributed by atoms with E-state index in [1.807, 2.05) is 0 Å². The van der Waals surface area contributed by atoms with E-state index in [0.717, 1.165) is 6.92 Å². The molecular formula is C12H19NO7. The van der Waals surface area contributed by atoms with E-state index < -0.39 is 42.2 Å². The van der Waals surface area contributed by atoms with Crippen molar-refractivity contribution in [2.24, 2.45) is 5.92 Å². The predicted octanol–water partition coefficient (Wildman–Crippen LogP) is -0.292.